The van der Waals surface area contributed by atoms with E-state index in [1.807, 2.05) is 0 Å². The van der Waals surface area contributed by atoms with E-state index in [4.69, 9.17) is 5.11 Å². The molecule has 0 aliphatic heterocycles. The van der Waals surface area contributed by atoms with Crippen LogP contribution in [0.5, 0.6) is 0 Å². The molecule has 0 unspecified atom stereocenters. The Bertz CT molecular complexity index is 781. The summed E-state index contributed by atoms with van der Waals surface area (Å²) in [6, 6.07) is 6.64. The monoisotopic (exact) mass is 377 g/mol. The van der Waals surface area contributed by atoms with Crippen LogP contribution in [0.25, 0.3) is 0 Å². The summed E-state index contributed by atoms with van der Waals surface area (Å²) in [4.78, 5) is -0.592. The van der Waals surface area contributed by atoms with Crippen LogP contribution in [-0.4, -0.2) is 13.5 Å². The summed E-state index contributed by atoms with van der Waals surface area (Å²) in [6.07, 6.45) is 0. The molecular formula is C13H10BrF2NO3S. The predicted octanol–water partition coefficient (Wildman–Crippen LogP) is 3.02. The van der Waals surface area contributed by atoms with Gasteiger partial charge < -0.3 is 5.11 Å². The smallest absolute Gasteiger partial charge is 0.264 e. The van der Waals surface area contributed by atoms with E-state index in [1.165, 1.54) is 12.1 Å². The number of hydrogen-bond acceptors (Lipinski definition) is 3. The van der Waals surface area contributed by atoms with Gasteiger partial charge in [0.05, 0.1) is 12.3 Å². The van der Waals surface area contributed by atoms with Crippen LogP contribution in [0.3, 0.4) is 0 Å². The van der Waals surface area contributed by atoms with Crippen LogP contribution in [0.15, 0.2) is 45.8 Å². The average Bonchev–Trinajstić information content (AvgIpc) is 2.42. The lowest BCUT2D eigenvalue weighted by molar-refractivity contribution is 0.281. The Balaban J connectivity index is 2.43. The van der Waals surface area contributed by atoms with Crippen molar-refractivity contribution in [2.75, 3.05) is 4.72 Å². The van der Waals surface area contributed by atoms with Gasteiger partial charge in [0.2, 0.25) is 0 Å². The quantitative estimate of drug-likeness (QED) is 0.860. The topological polar surface area (TPSA) is 66.4 Å². The number of benzene rings is 2. The van der Waals surface area contributed by atoms with Gasteiger partial charge in [0, 0.05) is 4.47 Å². The molecule has 0 fully saturated rings. The first-order valence-corrected chi connectivity index (χ1v) is 7.98. The Morgan fingerprint density at radius 2 is 1.86 bits per heavy atom. The molecule has 0 saturated heterocycles. The van der Waals surface area contributed by atoms with Gasteiger partial charge in [-0.1, -0.05) is 6.07 Å². The zero-order chi connectivity index (χ0) is 15.6. The molecule has 0 heterocycles. The summed E-state index contributed by atoms with van der Waals surface area (Å²) < 4.78 is 53.4. The number of sulfonamides is 1. The maximum absolute atomic E-state index is 13.7. The second-order valence-electron chi connectivity index (χ2n) is 4.15. The maximum atomic E-state index is 13.7. The Kier molecular flexibility index (Phi) is 4.60. The number of aliphatic hydroxyl groups is 1. The van der Waals surface area contributed by atoms with Gasteiger partial charge in [0.15, 0.2) is 0 Å². The molecule has 2 rings (SSSR count). The normalized spacial score (nSPS) is 11.4. The van der Waals surface area contributed by atoms with Gasteiger partial charge in [-0.2, -0.15) is 0 Å². The molecule has 4 nitrogen and oxygen atoms in total. The highest BCUT2D eigenvalue weighted by Gasteiger charge is 2.20. The lowest BCUT2D eigenvalue weighted by atomic mass is 10.2. The second kappa shape index (κ2) is 6.08. The van der Waals surface area contributed by atoms with E-state index in [0.717, 1.165) is 24.3 Å². The van der Waals surface area contributed by atoms with E-state index in [2.05, 4.69) is 20.7 Å². The molecule has 0 amide bonds. The van der Waals surface area contributed by atoms with Gasteiger partial charge in [0.25, 0.3) is 10.0 Å². The number of halogens is 3. The van der Waals surface area contributed by atoms with Gasteiger partial charge in [0.1, 0.15) is 16.5 Å². The molecule has 0 saturated carbocycles. The molecule has 0 spiro atoms. The summed E-state index contributed by atoms with van der Waals surface area (Å²) in [5.41, 5.74) is 0.333. The van der Waals surface area contributed by atoms with E-state index < -0.39 is 33.2 Å². The van der Waals surface area contributed by atoms with Crippen molar-refractivity contribution in [1.29, 1.82) is 0 Å². The number of rotatable bonds is 4. The predicted molar refractivity (Wildman–Crippen MR) is 77.2 cm³/mol. The molecule has 0 aliphatic rings. The minimum atomic E-state index is -4.20. The molecule has 2 N–H and O–H groups in total. The standard InChI is InChI=1S/C13H10BrF2NO3S/c14-10-6-9(15)2-4-12(10)17-21(19,20)13-5-8(7-18)1-3-11(13)16/h1-6,17-18H,7H2. The molecule has 0 aromatic heterocycles. The Morgan fingerprint density at radius 3 is 2.48 bits per heavy atom. The first-order chi connectivity index (χ1) is 9.83. The van der Waals surface area contributed by atoms with Crippen LogP contribution >= 0.6 is 15.9 Å². The van der Waals surface area contributed by atoms with Crippen LogP contribution in [-0.2, 0) is 16.6 Å². The van der Waals surface area contributed by atoms with Gasteiger partial charge >= 0.3 is 0 Å². The fraction of sp³-hybridized carbons (Fsp3) is 0.0769. The molecule has 112 valence electrons. The molecule has 21 heavy (non-hydrogen) atoms. The van der Waals surface area contributed by atoms with E-state index in [9.17, 15) is 17.2 Å². The molecule has 0 radical (unpaired) electrons. The molecule has 2 aromatic rings. The zero-order valence-electron chi connectivity index (χ0n) is 10.5. The van der Waals surface area contributed by atoms with Crippen molar-refractivity contribution in [3.8, 4) is 0 Å². The molecule has 8 heteroatoms. The van der Waals surface area contributed by atoms with Crippen LogP contribution in [0.1, 0.15) is 5.56 Å². The Morgan fingerprint density at radius 1 is 1.14 bits per heavy atom. The number of aliphatic hydroxyl groups excluding tert-OH is 1. The van der Waals surface area contributed by atoms with E-state index >= 15 is 0 Å². The van der Waals surface area contributed by atoms with Crippen molar-refractivity contribution in [3.63, 3.8) is 0 Å². The lowest BCUT2D eigenvalue weighted by Gasteiger charge is -2.11. The van der Waals surface area contributed by atoms with Crippen molar-refractivity contribution in [2.24, 2.45) is 0 Å². The highest BCUT2D eigenvalue weighted by molar-refractivity contribution is 9.10. The summed E-state index contributed by atoms with van der Waals surface area (Å²) >= 11 is 3.02. The largest absolute Gasteiger partial charge is 0.392 e. The minimum absolute atomic E-state index is 0.0743. The van der Waals surface area contributed by atoms with Crippen LogP contribution < -0.4 is 4.72 Å². The van der Waals surface area contributed by atoms with Crippen molar-refractivity contribution < 1.29 is 22.3 Å². The van der Waals surface area contributed by atoms with Gasteiger partial charge in [-0.3, -0.25) is 4.72 Å². The van der Waals surface area contributed by atoms with E-state index in [1.54, 1.807) is 0 Å². The molecule has 0 bridgehead atoms. The molecule has 0 atom stereocenters. The fourth-order valence-electron chi connectivity index (χ4n) is 1.62. The van der Waals surface area contributed by atoms with Crippen LogP contribution in [0, 0.1) is 11.6 Å². The molecular weight excluding hydrogens is 368 g/mol. The van der Waals surface area contributed by atoms with Crippen molar-refractivity contribution in [2.45, 2.75) is 11.5 Å². The minimum Gasteiger partial charge on any atom is -0.392 e. The molecule has 2 aromatic carbocycles. The Hall–Kier alpha value is -1.51. The third kappa shape index (κ3) is 3.58. The lowest BCUT2D eigenvalue weighted by Crippen LogP contribution is -2.15. The first-order valence-electron chi connectivity index (χ1n) is 5.70. The maximum Gasteiger partial charge on any atom is 0.264 e. The third-order valence-electron chi connectivity index (χ3n) is 2.64. The highest BCUT2D eigenvalue weighted by atomic mass is 79.9. The zero-order valence-corrected chi connectivity index (χ0v) is 12.9. The van der Waals surface area contributed by atoms with Crippen LogP contribution in [0.2, 0.25) is 0 Å². The fourth-order valence-corrected chi connectivity index (χ4v) is 3.41. The van der Waals surface area contributed by atoms with Gasteiger partial charge in [-0.25, -0.2) is 17.2 Å². The number of anilines is 1. The summed E-state index contributed by atoms with van der Waals surface area (Å²) in [7, 11) is -4.20. The summed E-state index contributed by atoms with van der Waals surface area (Å²) in [5, 5.41) is 9.00. The third-order valence-corrected chi connectivity index (χ3v) is 4.68. The van der Waals surface area contributed by atoms with Gasteiger partial charge in [-0.05, 0) is 51.8 Å². The van der Waals surface area contributed by atoms with E-state index in [-0.39, 0.29) is 15.7 Å². The molecule has 0 aliphatic carbocycles. The van der Waals surface area contributed by atoms with Gasteiger partial charge in [-0.15, -0.1) is 0 Å². The van der Waals surface area contributed by atoms with Crippen LogP contribution in [0.4, 0.5) is 14.5 Å². The first kappa shape index (κ1) is 15.9. The van der Waals surface area contributed by atoms with Crippen molar-refractivity contribution >= 4 is 31.6 Å². The second-order valence-corrected chi connectivity index (χ2v) is 6.66. The average molecular weight is 378 g/mol. The van der Waals surface area contributed by atoms with Crippen molar-refractivity contribution in [1.82, 2.24) is 0 Å². The van der Waals surface area contributed by atoms with E-state index in [0.29, 0.717) is 0 Å². The number of nitrogens with one attached hydrogen (secondary N) is 1. The van der Waals surface area contributed by atoms with Crippen molar-refractivity contribution in [3.05, 3.63) is 58.1 Å². The summed E-state index contributed by atoms with van der Waals surface area (Å²) in [6.45, 7) is -0.414. The summed E-state index contributed by atoms with van der Waals surface area (Å²) in [5.74, 6) is -1.49. The SMILES string of the molecule is O=S(=O)(Nc1ccc(F)cc1Br)c1cc(CO)ccc1F. The highest BCUT2D eigenvalue weighted by Crippen LogP contribution is 2.27. The Labute approximate surface area is 128 Å². The number of hydrogen-bond donors (Lipinski definition) is 2.